The van der Waals surface area contributed by atoms with Gasteiger partial charge in [0.15, 0.2) is 11.5 Å². The Balaban J connectivity index is 2.35. The van der Waals surface area contributed by atoms with Gasteiger partial charge in [-0.3, -0.25) is 4.79 Å². The molecule has 6 heteroatoms. The Morgan fingerprint density at radius 2 is 1.92 bits per heavy atom. The summed E-state index contributed by atoms with van der Waals surface area (Å²) in [6.07, 6.45) is 1.47. The quantitative estimate of drug-likeness (QED) is 0.622. The number of methoxy groups -OCH3 is 2. The molecule has 1 amide bonds. The molecule has 0 aliphatic heterocycles. The van der Waals surface area contributed by atoms with Gasteiger partial charge in [0.05, 0.1) is 19.9 Å². The van der Waals surface area contributed by atoms with Crippen LogP contribution in [0, 0.1) is 11.3 Å². The number of carbonyl (C=O) groups is 1. The molecular formula is C18H15BrN2O3. The van der Waals surface area contributed by atoms with E-state index in [4.69, 9.17) is 9.47 Å². The highest BCUT2D eigenvalue weighted by Gasteiger charge is 2.14. The Morgan fingerprint density at radius 1 is 1.17 bits per heavy atom. The van der Waals surface area contributed by atoms with Crippen LogP contribution in [0.15, 0.2) is 52.5 Å². The molecule has 0 aromatic heterocycles. The van der Waals surface area contributed by atoms with Crippen molar-refractivity contribution in [3.8, 4) is 17.6 Å². The second-order valence-corrected chi connectivity index (χ2v) is 5.54. The molecule has 0 atom stereocenters. The molecule has 0 saturated carbocycles. The molecule has 0 spiro atoms. The van der Waals surface area contributed by atoms with Crippen LogP contribution >= 0.6 is 15.9 Å². The lowest BCUT2D eigenvalue weighted by Crippen LogP contribution is -2.13. The van der Waals surface area contributed by atoms with Crippen molar-refractivity contribution in [2.24, 2.45) is 0 Å². The van der Waals surface area contributed by atoms with Crippen molar-refractivity contribution in [3.63, 3.8) is 0 Å². The van der Waals surface area contributed by atoms with E-state index in [2.05, 4.69) is 21.2 Å². The molecule has 5 nitrogen and oxygen atoms in total. The minimum Gasteiger partial charge on any atom is -0.493 e. The molecule has 0 saturated heterocycles. The third-order valence-corrected chi connectivity index (χ3v) is 3.91. The zero-order valence-electron chi connectivity index (χ0n) is 13.2. The van der Waals surface area contributed by atoms with Crippen LogP contribution in [0.2, 0.25) is 0 Å². The Kier molecular flexibility index (Phi) is 5.99. The number of para-hydroxylation sites is 2. The number of ether oxygens (including phenoxy) is 2. The minimum absolute atomic E-state index is 0.0442. The van der Waals surface area contributed by atoms with Crippen molar-refractivity contribution < 1.29 is 14.3 Å². The normalized spacial score (nSPS) is 10.7. The smallest absolute Gasteiger partial charge is 0.266 e. The average Bonchev–Trinajstić information content (AvgIpc) is 2.60. The standard InChI is InChI=1S/C18H15BrN2O3/c1-23-16-9-5-6-12(17(16)24-2)10-13(11-20)18(22)21-15-8-4-3-7-14(15)19/h3-10H,1-2H3,(H,21,22)/b13-10+. The summed E-state index contributed by atoms with van der Waals surface area (Å²) >= 11 is 3.35. The molecule has 1 N–H and O–H groups in total. The lowest BCUT2D eigenvalue weighted by molar-refractivity contribution is -0.112. The van der Waals surface area contributed by atoms with Crippen LogP contribution in [0.25, 0.3) is 6.08 Å². The molecular weight excluding hydrogens is 372 g/mol. The van der Waals surface area contributed by atoms with E-state index in [9.17, 15) is 10.1 Å². The van der Waals surface area contributed by atoms with E-state index in [1.165, 1.54) is 20.3 Å². The van der Waals surface area contributed by atoms with Gasteiger partial charge >= 0.3 is 0 Å². The molecule has 0 aliphatic carbocycles. The second-order valence-electron chi connectivity index (χ2n) is 4.69. The molecule has 0 bridgehead atoms. The van der Waals surface area contributed by atoms with Gasteiger partial charge in [0.25, 0.3) is 5.91 Å². The third-order valence-electron chi connectivity index (χ3n) is 3.22. The fourth-order valence-corrected chi connectivity index (χ4v) is 2.47. The van der Waals surface area contributed by atoms with Gasteiger partial charge in [-0.2, -0.15) is 5.26 Å². The Bertz CT molecular complexity index is 825. The van der Waals surface area contributed by atoms with Crippen molar-refractivity contribution in [1.29, 1.82) is 5.26 Å². The highest BCUT2D eigenvalue weighted by Crippen LogP contribution is 2.32. The molecule has 0 unspecified atom stereocenters. The lowest BCUT2D eigenvalue weighted by atomic mass is 10.1. The van der Waals surface area contributed by atoms with E-state index in [1.54, 1.807) is 36.4 Å². The van der Waals surface area contributed by atoms with Crippen LogP contribution in [0.1, 0.15) is 5.56 Å². The summed E-state index contributed by atoms with van der Waals surface area (Å²) in [6.45, 7) is 0. The van der Waals surface area contributed by atoms with Crippen molar-refractivity contribution in [2.75, 3.05) is 19.5 Å². The first-order valence-electron chi connectivity index (χ1n) is 6.99. The van der Waals surface area contributed by atoms with Gasteiger partial charge in [0, 0.05) is 10.0 Å². The maximum atomic E-state index is 12.4. The van der Waals surface area contributed by atoms with E-state index in [-0.39, 0.29) is 5.57 Å². The van der Waals surface area contributed by atoms with Gasteiger partial charge in [0.2, 0.25) is 0 Å². The van der Waals surface area contributed by atoms with Gasteiger partial charge in [0.1, 0.15) is 11.6 Å². The number of nitriles is 1. The first-order chi connectivity index (χ1) is 11.6. The topological polar surface area (TPSA) is 71.3 Å². The lowest BCUT2D eigenvalue weighted by Gasteiger charge is -2.11. The van der Waals surface area contributed by atoms with E-state index < -0.39 is 5.91 Å². The SMILES string of the molecule is COc1cccc(/C=C(\C#N)C(=O)Nc2ccccc2Br)c1OC. The molecule has 2 aromatic rings. The number of anilines is 1. The van der Waals surface area contributed by atoms with Gasteiger partial charge in [-0.05, 0) is 40.2 Å². The number of hydrogen-bond acceptors (Lipinski definition) is 4. The van der Waals surface area contributed by atoms with E-state index in [0.29, 0.717) is 22.7 Å². The van der Waals surface area contributed by atoms with Crippen LogP contribution in [0.4, 0.5) is 5.69 Å². The average molecular weight is 387 g/mol. The molecule has 0 heterocycles. The molecule has 0 radical (unpaired) electrons. The Hall–Kier alpha value is -2.78. The largest absolute Gasteiger partial charge is 0.493 e. The van der Waals surface area contributed by atoms with Crippen LogP contribution in [-0.2, 0) is 4.79 Å². The van der Waals surface area contributed by atoms with Crippen molar-refractivity contribution in [1.82, 2.24) is 0 Å². The summed E-state index contributed by atoms with van der Waals surface area (Å²) in [6, 6.07) is 14.3. The van der Waals surface area contributed by atoms with Crippen molar-refractivity contribution in [2.45, 2.75) is 0 Å². The maximum Gasteiger partial charge on any atom is 0.266 e. The molecule has 122 valence electrons. The van der Waals surface area contributed by atoms with Crippen LogP contribution in [0.5, 0.6) is 11.5 Å². The first kappa shape index (κ1) is 17.6. The van der Waals surface area contributed by atoms with Gasteiger partial charge in [-0.15, -0.1) is 0 Å². The second kappa shape index (κ2) is 8.18. The van der Waals surface area contributed by atoms with Crippen LogP contribution in [0.3, 0.4) is 0 Å². The van der Waals surface area contributed by atoms with Crippen LogP contribution in [-0.4, -0.2) is 20.1 Å². The van der Waals surface area contributed by atoms with Gasteiger partial charge in [-0.1, -0.05) is 24.3 Å². The monoisotopic (exact) mass is 386 g/mol. The highest BCUT2D eigenvalue weighted by atomic mass is 79.9. The van der Waals surface area contributed by atoms with E-state index in [1.807, 2.05) is 12.1 Å². The summed E-state index contributed by atoms with van der Waals surface area (Å²) in [7, 11) is 3.03. The van der Waals surface area contributed by atoms with Crippen molar-refractivity contribution in [3.05, 3.63) is 58.1 Å². The molecule has 2 rings (SSSR count). The van der Waals surface area contributed by atoms with Crippen LogP contribution < -0.4 is 14.8 Å². The number of amides is 1. The van der Waals surface area contributed by atoms with E-state index >= 15 is 0 Å². The molecule has 24 heavy (non-hydrogen) atoms. The first-order valence-corrected chi connectivity index (χ1v) is 7.78. The minimum atomic E-state index is -0.505. The fraction of sp³-hybridized carbons (Fsp3) is 0.111. The number of hydrogen-bond donors (Lipinski definition) is 1. The number of halogens is 1. The summed E-state index contributed by atoms with van der Waals surface area (Å²) < 4.78 is 11.3. The fourth-order valence-electron chi connectivity index (χ4n) is 2.08. The third kappa shape index (κ3) is 3.94. The van der Waals surface area contributed by atoms with E-state index in [0.717, 1.165) is 4.47 Å². The number of rotatable bonds is 5. The zero-order valence-corrected chi connectivity index (χ0v) is 14.8. The summed E-state index contributed by atoms with van der Waals surface area (Å²) in [4.78, 5) is 12.4. The zero-order chi connectivity index (χ0) is 17.5. The number of carbonyl (C=O) groups excluding carboxylic acids is 1. The molecule has 0 fully saturated rings. The predicted molar refractivity (Wildman–Crippen MR) is 95.9 cm³/mol. The highest BCUT2D eigenvalue weighted by molar-refractivity contribution is 9.10. The number of benzene rings is 2. The Labute approximate surface area is 148 Å². The summed E-state index contributed by atoms with van der Waals surface area (Å²) in [5, 5.41) is 12.0. The molecule has 2 aromatic carbocycles. The predicted octanol–water partition coefficient (Wildman–Crippen LogP) is 4.01. The Morgan fingerprint density at radius 3 is 2.54 bits per heavy atom. The van der Waals surface area contributed by atoms with Gasteiger partial charge in [-0.25, -0.2) is 0 Å². The van der Waals surface area contributed by atoms with Crippen molar-refractivity contribution >= 4 is 33.6 Å². The van der Waals surface area contributed by atoms with Gasteiger partial charge < -0.3 is 14.8 Å². The summed E-state index contributed by atoms with van der Waals surface area (Å²) in [5.74, 6) is 0.477. The summed E-state index contributed by atoms with van der Waals surface area (Å²) in [5.41, 5.74) is 1.12. The number of nitrogens with zero attached hydrogens (tertiary/aromatic N) is 1. The molecule has 0 aliphatic rings. The maximum absolute atomic E-state index is 12.4. The number of nitrogens with one attached hydrogen (secondary N) is 1.